The van der Waals surface area contributed by atoms with Crippen molar-refractivity contribution in [3.05, 3.63) is 66.5 Å². The molecule has 0 atom stereocenters. The quantitative estimate of drug-likeness (QED) is 0.345. The molecule has 0 unspecified atom stereocenters. The van der Waals surface area contributed by atoms with Crippen LogP contribution in [0.4, 0.5) is 11.6 Å². The number of imidazole rings is 1. The first-order valence-electron chi connectivity index (χ1n) is 8.87. The summed E-state index contributed by atoms with van der Waals surface area (Å²) in [4.78, 5) is 9.18. The lowest BCUT2D eigenvalue weighted by atomic mass is 10.1. The first-order chi connectivity index (χ1) is 14.1. The van der Waals surface area contributed by atoms with Gasteiger partial charge in [0.2, 0.25) is 5.95 Å². The fourth-order valence-electron chi connectivity index (χ4n) is 3.05. The molecule has 8 nitrogen and oxygen atoms in total. The molecule has 0 saturated heterocycles. The van der Waals surface area contributed by atoms with Gasteiger partial charge in [-0.15, -0.1) is 0 Å². The van der Waals surface area contributed by atoms with E-state index >= 15 is 0 Å². The van der Waals surface area contributed by atoms with Crippen LogP contribution in [0.3, 0.4) is 0 Å². The Hall–Kier alpha value is -4.07. The predicted octanol–water partition coefficient (Wildman–Crippen LogP) is 3.44. The maximum Gasteiger partial charge on any atom is 0.213 e. The molecule has 2 heterocycles. The van der Waals surface area contributed by atoms with Crippen LogP contribution >= 0.6 is 0 Å². The number of aromatic nitrogens is 3. The lowest BCUT2D eigenvalue weighted by Gasteiger charge is -2.13. The molecule has 0 amide bonds. The van der Waals surface area contributed by atoms with Crippen LogP contribution in [-0.2, 0) is 0 Å². The number of hydrogen-bond acceptors (Lipinski definition) is 6. The number of rotatable bonds is 6. The number of benzene rings is 2. The van der Waals surface area contributed by atoms with Crippen LogP contribution in [0.25, 0.3) is 16.9 Å². The number of fused-ring (bicyclic) bond motifs is 1. The van der Waals surface area contributed by atoms with Gasteiger partial charge in [-0.3, -0.25) is 9.81 Å². The Bertz CT molecular complexity index is 1200. The van der Waals surface area contributed by atoms with E-state index < -0.39 is 0 Å². The molecule has 0 aliphatic rings. The van der Waals surface area contributed by atoms with E-state index in [2.05, 4.69) is 10.3 Å². The number of ether oxygens (including phenoxy) is 2. The van der Waals surface area contributed by atoms with Crippen molar-refractivity contribution < 1.29 is 9.47 Å². The van der Waals surface area contributed by atoms with Gasteiger partial charge in [0, 0.05) is 35.3 Å². The van der Waals surface area contributed by atoms with Gasteiger partial charge >= 0.3 is 0 Å². The number of hydrogen-bond donors (Lipinski definition) is 3. The molecule has 0 bridgehead atoms. The minimum atomic E-state index is 0.00784. The van der Waals surface area contributed by atoms with Gasteiger partial charge in [-0.05, 0) is 30.3 Å². The maximum absolute atomic E-state index is 7.63. The summed E-state index contributed by atoms with van der Waals surface area (Å²) < 4.78 is 12.6. The van der Waals surface area contributed by atoms with E-state index in [4.69, 9.17) is 25.6 Å². The van der Waals surface area contributed by atoms with E-state index in [9.17, 15) is 0 Å². The van der Waals surface area contributed by atoms with Crippen molar-refractivity contribution >= 4 is 23.1 Å². The number of nitrogen functional groups attached to an aromatic ring is 1. The molecule has 0 radical (unpaired) electrons. The SMILES string of the molecule is COc1ccc(-c2cc3nccn3c(Nc3cccc(C(=N)N)c3)n2)cc1OC. The Labute approximate surface area is 167 Å². The fraction of sp³-hybridized carbons (Fsp3) is 0.0952. The summed E-state index contributed by atoms with van der Waals surface area (Å²) in [6.45, 7) is 0. The molecule has 2 aromatic heterocycles. The second-order valence-electron chi connectivity index (χ2n) is 6.31. The van der Waals surface area contributed by atoms with Gasteiger partial charge in [-0.2, -0.15) is 0 Å². The van der Waals surface area contributed by atoms with Crippen molar-refractivity contribution in [1.29, 1.82) is 5.41 Å². The van der Waals surface area contributed by atoms with Gasteiger partial charge in [0.15, 0.2) is 11.5 Å². The smallest absolute Gasteiger partial charge is 0.213 e. The molecule has 0 fully saturated rings. The van der Waals surface area contributed by atoms with Gasteiger partial charge < -0.3 is 20.5 Å². The predicted molar refractivity (Wildman–Crippen MR) is 112 cm³/mol. The van der Waals surface area contributed by atoms with Crippen molar-refractivity contribution in [2.24, 2.45) is 5.73 Å². The molecule has 0 spiro atoms. The Morgan fingerprint density at radius 3 is 2.66 bits per heavy atom. The summed E-state index contributed by atoms with van der Waals surface area (Å²) in [5, 5.41) is 10.9. The van der Waals surface area contributed by atoms with Crippen LogP contribution in [0, 0.1) is 5.41 Å². The van der Waals surface area contributed by atoms with E-state index in [0.29, 0.717) is 23.0 Å². The average Bonchev–Trinajstić information content (AvgIpc) is 3.22. The maximum atomic E-state index is 7.63. The Kier molecular flexibility index (Phi) is 4.74. The number of nitrogens with zero attached hydrogens (tertiary/aromatic N) is 3. The highest BCUT2D eigenvalue weighted by molar-refractivity contribution is 5.95. The second-order valence-corrected chi connectivity index (χ2v) is 6.31. The number of methoxy groups -OCH3 is 2. The summed E-state index contributed by atoms with van der Waals surface area (Å²) in [5.41, 5.74) is 9.35. The first-order valence-corrected chi connectivity index (χ1v) is 8.87. The number of nitrogens with two attached hydrogens (primary N) is 1. The van der Waals surface area contributed by atoms with E-state index in [1.165, 1.54) is 0 Å². The van der Waals surface area contributed by atoms with E-state index in [-0.39, 0.29) is 5.84 Å². The Balaban J connectivity index is 1.79. The topological polar surface area (TPSA) is 111 Å². The lowest BCUT2D eigenvalue weighted by molar-refractivity contribution is 0.355. The molecule has 29 heavy (non-hydrogen) atoms. The molecule has 4 aromatic rings. The third kappa shape index (κ3) is 3.55. The monoisotopic (exact) mass is 388 g/mol. The highest BCUT2D eigenvalue weighted by Crippen LogP contribution is 2.32. The van der Waals surface area contributed by atoms with Gasteiger partial charge in [0.1, 0.15) is 11.5 Å². The highest BCUT2D eigenvalue weighted by Gasteiger charge is 2.12. The van der Waals surface area contributed by atoms with Crippen LogP contribution in [-0.4, -0.2) is 34.4 Å². The molecular formula is C21H20N6O2. The summed E-state index contributed by atoms with van der Waals surface area (Å²) in [6.07, 6.45) is 3.55. The third-order valence-corrected chi connectivity index (χ3v) is 4.50. The first kappa shape index (κ1) is 18.3. The molecule has 8 heteroatoms. The van der Waals surface area contributed by atoms with Crippen LogP contribution in [0.1, 0.15) is 5.56 Å². The van der Waals surface area contributed by atoms with Crippen molar-refractivity contribution in [1.82, 2.24) is 14.4 Å². The van der Waals surface area contributed by atoms with E-state index in [1.807, 2.05) is 47.0 Å². The normalized spacial score (nSPS) is 10.7. The third-order valence-electron chi connectivity index (χ3n) is 4.50. The van der Waals surface area contributed by atoms with Crippen LogP contribution in [0.2, 0.25) is 0 Å². The summed E-state index contributed by atoms with van der Waals surface area (Å²) in [7, 11) is 3.20. The van der Waals surface area contributed by atoms with Crippen molar-refractivity contribution in [2.75, 3.05) is 19.5 Å². The molecular weight excluding hydrogens is 368 g/mol. The summed E-state index contributed by atoms with van der Waals surface area (Å²) in [6, 6.07) is 14.9. The molecule has 146 valence electrons. The zero-order valence-electron chi connectivity index (χ0n) is 16.0. The Morgan fingerprint density at radius 2 is 1.90 bits per heavy atom. The van der Waals surface area contributed by atoms with Crippen LogP contribution in [0.15, 0.2) is 60.9 Å². The minimum Gasteiger partial charge on any atom is -0.493 e. The standard InChI is InChI=1S/C21H20N6O2/c1-28-17-7-6-13(11-18(17)29-2)16-12-19-24-8-9-27(19)21(26-16)25-15-5-3-4-14(10-15)20(22)23/h3-12H,1-2H3,(H3,22,23)(H,25,26). The lowest BCUT2D eigenvalue weighted by Crippen LogP contribution is -2.11. The van der Waals surface area contributed by atoms with Crippen LogP contribution in [0.5, 0.6) is 11.5 Å². The fourth-order valence-corrected chi connectivity index (χ4v) is 3.05. The molecule has 0 aliphatic heterocycles. The Morgan fingerprint density at radius 1 is 1.07 bits per heavy atom. The summed E-state index contributed by atoms with van der Waals surface area (Å²) in [5.74, 6) is 1.87. The van der Waals surface area contributed by atoms with Gasteiger partial charge in [-0.25, -0.2) is 9.97 Å². The van der Waals surface area contributed by atoms with E-state index in [1.54, 1.807) is 32.5 Å². The van der Waals surface area contributed by atoms with Crippen molar-refractivity contribution in [2.45, 2.75) is 0 Å². The second kappa shape index (κ2) is 7.51. The zero-order valence-corrected chi connectivity index (χ0v) is 16.0. The van der Waals surface area contributed by atoms with Crippen molar-refractivity contribution in [3.8, 4) is 22.8 Å². The summed E-state index contributed by atoms with van der Waals surface area (Å²) >= 11 is 0. The number of anilines is 2. The van der Waals surface area contributed by atoms with Crippen LogP contribution < -0.4 is 20.5 Å². The van der Waals surface area contributed by atoms with Gasteiger partial charge in [0.25, 0.3) is 0 Å². The highest BCUT2D eigenvalue weighted by atomic mass is 16.5. The van der Waals surface area contributed by atoms with Crippen molar-refractivity contribution in [3.63, 3.8) is 0 Å². The molecule has 4 N–H and O–H groups in total. The zero-order chi connectivity index (χ0) is 20.4. The molecule has 0 aliphatic carbocycles. The van der Waals surface area contributed by atoms with Gasteiger partial charge in [-0.1, -0.05) is 12.1 Å². The molecule has 4 rings (SSSR count). The molecule has 2 aromatic carbocycles. The largest absolute Gasteiger partial charge is 0.493 e. The number of amidine groups is 1. The van der Waals surface area contributed by atoms with E-state index in [0.717, 1.165) is 22.6 Å². The molecule has 0 saturated carbocycles. The minimum absolute atomic E-state index is 0.00784. The number of nitrogens with one attached hydrogen (secondary N) is 2. The van der Waals surface area contributed by atoms with Gasteiger partial charge in [0.05, 0.1) is 19.9 Å². The average molecular weight is 388 g/mol.